The van der Waals surface area contributed by atoms with Crippen LogP contribution in [0.3, 0.4) is 0 Å². The van der Waals surface area contributed by atoms with Gasteiger partial charge in [0, 0.05) is 12.6 Å². The molecule has 1 aliphatic heterocycles. The van der Waals surface area contributed by atoms with Gasteiger partial charge in [0.1, 0.15) is 5.82 Å². The highest BCUT2D eigenvalue weighted by Gasteiger charge is 2.24. The normalized spacial score (nSPS) is 23.8. The molecule has 2 rings (SSSR count). The topological polar surface area (TPSA) is 21.3 Å². The van der Waals surface area contributed by atoms with Crippen molar-refractivity contribution < 1.29 is 9.13 Å². The van der Waals surface area contributed by atoms with E-state index in [0.717, 1.165) is 38.0 Å². The van der Waals surface area contributed by atoms with Crippen LogP contribution in [0.1, 0.15) is 32.3 Å². The Hall–Kier alpha value is -0.930. The number of halogens is 1. The van der Waals surface area contributed by atoms with Gasteiger partial charge in [0.25, 0.3) is 0 Å². The van der Waals surface area contributed by atoms with Crippen LogP contribution in [-0.4, -0.2) is 25.3 Å². The highest BCUT2D eigenvalue weighted by molar-refractivity contribution is 5.17. The van der Waals surface area contributed by atoms with Crippen molar-refractivity contribution in [3.8, 4) is 0 Å². The van der Waals surface area contributed by atoms with Gasteiger partial charge in [0.15, 0.2) is 0 Å². The van der Waals surface area contributed by atoms with Crippen molar-refractivity contribution >= 4 is 0 Å². The summed E-state index contributed by atoms with van der Waals surface area (Å²) in [5.74, 6) is 0.465. The third kappa shape index (κ3) is 4.29. The van der Waals surface area contributed by atoms with Gasteiger partial charge in [-0.2, -0.15) is 0 Å². The molecule has 3 heteroatoms. The van der Waals surface area contributed by atoms with Gasteiger partial charge in [-0.3, -0.25) is 0 Å². The molecule has 0 aliphatic carbocycles. The number of hydrogen-bond donors (Lipinski definition) is 1. The van der Waals surface area contributed by atoms with Gasteiger partial charge in [0.05, 0.1) is 6.10 Å². The molecular weight excluding hydrogens is 241 g/mol. The lowest BCUT2D eigenvalue weighted by Crippen LogP contribution is -2.41. The zero-order valence-electron chi connectivity index (χ0n) is 11.9. The lowest BCUT2D eigenvalue weighted by molar-refractivity contribution is -0.0242. The van der Waals surface area contributed by atoms with Gasteiger partial charge in [-0.25, -0.2) is 4.39 Å². The summed E-state index contributed by atoms with van der Waals surface area (Å²) in [6.45, 7) is 6.06. The quantitative estimate of drug-likeness (QED) is 0.883. The van der Waals surface area contributed by atoms with Crippen LogP contribution in [0.15, 0.2) is 24.3 Å². The molecule has 0 bridgehead atoms. The zero-order chi connectivity index (χ0) is 13.7. The number of nitrogens with one attached hydrogen (secondary N) is 1. The van der Waals surface area contributed by atoms with Crippen molar-refractivity contribution in [1.82, 2.24) is 5.32 Å². The second-order valence-electron chi connectivity index (χ2n) is 5.67. The maximum Gasteiger partial charge on any atom is 0.126 e. The SMILES string of the molecule is CC(C)C1CC(NCCc2ccccc2F)CCO1. The van der Waals surface area contributed by atoms with Gasteiger partial charge >= 0.3 is 0 Å². The average molecular weight is 265 g/mol. The summed E-state index contributed by atoms with van der Waals surface area (Å²) in [7, 11) is 0. The third-order valence-electron chi connectivity index (χ3n) is 3.84. The van der Waals surface area contributed by atoms with Crippen molar-refractivity contribution in [2.24, 2.45) is 5.92 Å². The fourth-order valence-electron chi connectivity index (χ4n) is 2.59. The molecule has 0 aromatic heterocycles. The van der Waals surface area contributed by atoms with Crippen molar-refractivity contribution in [2.45, 2.75) is 45.3 Å². The fraction of sp³-hybridized carbons (Fsp3) is 0.625. The van der Waals surface area contributed by atoms with Gasteiger partial charge in [-0.15, -0.1) is 0 Å². The molecular formula is C16H24FNO. The maximum atomic E-state index is 13.5. The van der Waals surface area contributed by atoms with Crippen LogP contribution in [0.2, 0.25) is 0 Å². The third-order valence-corrected chi connectivity index (χ3v) is 3.84. The van der Waals surface area contributed by atoms with E-state index in [0.29, 0.717) is 18.1 Å². The van der Waals surface area contributed by atoms with E-state index in [-0.39, 0.29) is 5.82 Å². The molecule has 1 fully saturated rings. The molecule has 1 N–H and O–H groups in total. The van der Waals surface area contributed by atoms with E-state index < -0.39 is 0 Å². The number of ether oxygens (including phenoxy) is 1. The summed E-state index contributed by atoms with van der Waals surface area (Å²) in [4.78, 5) is 0. The van der Waals surface area contributed by atoms with Crippen molar-refractivity contribution in [2.75, 3.05) is 13.2 Å². The molecule has 1 saturated heterocycles. The van der Waals surface area contributed by atoms with E-state index >= 15 is 0 Å². The van der Waals surface area contributed by atoms with E-state index in [9.17, 15) is 4.39 Å². The van der Waals surface area contributed by atoms with E-state index in [1.807, 2.05) is 12.1 Å². The number of hydrogen-bond acceptors (Lipinski definition) is 2. The first-order valence-corrected chi connectivity index (χ1v) is 7.25. The van der Waals surface area contributed by atoms with Crippen LogP contribution in [0.25, 0.3) is 0 Å². The summed E-state index contributed by atoms with van der Waals surface area (Å²) < 4.78 is 19.2. The maximum absolute atomic E-state index is 13.5. The van der Waals surface area contributed by atoms with Crippen LogP contribution in [0, 0.1) is 11.7 Å². The summed E-state index contributed by atoms with van der Waals surface area (Å²) in [5.41, 5.74) is 0.794. The van der Waals surface area contributed by atoms with E-state index in [1.54, 1.807) is 6.07 Å². The molecule has 1 aromatic rings. The second-order valence-corrected chi connectivity index (χ2v) is 5.67. The van der Waals surface area contributed by atoms with Crippen LogP contribution in [0.4, 0.5) is 4.39 Å². The Kier molecular flexibility index (Phi) is 5.34. The summed E-state index contributed by atoms with van der Waals surface area (Å²) in [5, 5.41) is 3.54. The molecule has 1 aromatic carbocycles. The van der Waals surface area contributed by atoms with E-state index in [4.69, 9.17) is 4.74 Å². The molecule has 0 amide bonds. The Morgan fingerprint density at radius 3 is 2.89 bits per heavy atom. The first-order valence-electron chi connectivity index (χ1n) is 7.25. The minimum absolute atomic E-state index is 0.101. The molecule has 0 spiro atoms. The predicted octanol–water partition coefficient (Wildman–Crippen LogP) is 3.16. The average Bonchev–Trinajstić information content (AvgIpc) is 2.41. The highest BCUT2D eigenvalue weighted by Crippen LogP contribution is 2.20. The van der Waals surface area contributed by atoms with Crippen molar-refractivity contribution in [1.29, 1.82) is 0 Å². The molecule has 0 radical (unpaired) electrons. The molecule has 0 saturated carbocycles. The fourth-order valence-corrected chi connectivity index (χ4v) is 2.59. The molecule has 1 heterocycles. The minimum atomic E-state index is -0.101. The molecule has 2 unspecified atom stereocenters. The summed E-state index contributed by atoms with van der Waals surface area (Å²) in [6, 6.07) is 7.52. The molecule has 1 aliphatic rings. The van der Waals surface area contributed by atoms with Gasteiger partial charge in [-0.1, -0.05) is 32.0 Å². The minimum Gasteiger partial charge on any atom is -0.378 e. The van der Waals surface area contributed by atoms with E-state index in [2.05, 4.69) is 19.2 Å². The second kappa shape index (κ2) is 7.01. The molecule has 2 nitrogen and oxygen atoms in total. The Bertz CT molecular complexity index is 394. The first kappa shape index (κ1) is 14.5. The lowest BCUT2D eigenvalue weighted by Gasteiger charge is -2.32. The molecule has 106 valence electrons. The van der Waals surface area contributed by atoms with Gasteiger partial charge < -0.3 is 10.1 Å². The van der Waals surface area contributed by atoms with E-state index in [1.165, 1.54) is 6.07 Å². The van der Waals surface area contributed by atoms with Crippen LogP contribution < -0.4 is 5.32 Å². The zero-order valence-corrected chi connectivity index (χ0v) is 11.9. The van der Waals surface area contributed by atoms with Crippen LogP contribution in [-0.2, 0) is 11.2 Å². The Labute approximate surface area is 115 Å². The number of benzene rings is 1. The van der Waals surface area contributed by atoms with Crippen LogP contribution >= 0.6 is 0 Å². The Balaban J connectivity index is 1.75. The highest BCUT2D eigenvalue weighted by atomic mass is 19.1. The van der Waals surface area contributed by atoms with Crippen molar-refractivity contribution in [3.63, 3.8) is 0 Å². The van der Waals surface area contributed by atoms with Crippen LogP contribution in [0.5, 0.6) is 0 Å². The predicted molar refractivity (Wildman–Crippen MR) is 75.7 cm³/mol. The molecule has 2 atom stereocenters. The summed E-state index contributed by atoms with van der Waals surface area (Å²) in [6.07, 6.45) is 3.23. The Morgan fingerprint density at radius 2 is 2.16 bits per heavy atom. The largest absolute Gasteiger partial charge is 0.378 e. The van der Waals surface area contributed by atoms with Crippen molar-refractivity contribution in [3.05, 3.63) is 35.6 Å². The smallest absolute Gasteiger partial charge is 0.126 e. The number of rotatable bonds is 5. The summed E-state index contributed by atoms with van der Waals surface area (Å²) >= 11 is 0. The lowest BCUT2D eigenvalue weighted by atomic mass is 9.95. The van der Waals surface area contributed by atoms with Gasteiger partial charge in [-0.05, 0) is 43.4 Å². The standard InChI is InChI=1S/C16H24FNO/c1-12(2)16-11-14(8-10-19-16)18-9-7-13-5-3-4-6-15(13)17/h3-6,12,14,16,18H,7-11H2,1-2H3. The Morgan fingerprint density at radius 1 is 1.37 bits per heavy atom. The van der Waals surface area contributed by atoms with Gasteiger partial charge in [0.2, 0.25) is 0 Å². The molecule has 19 heavy (non-hydrogen) atoms. The first-order chi connectivity index (χ1) is 9.16. The monoisotopic (exact) mass is 265 g/mol.